The molecule has 0 aromatic heterocycles. The Morgan fingerprint density at radius 2 is 0.306 bits per heavy atom. The first kappa shape index (κ1) is 41.6. The maximum Gasteiger partial charge on any atom is -0.00201 e. The molecule has 0 atom stereocenters. The lowest BCUT2D eigenvalue weighted by atomic mass is 9.81. The van der Waals surface area contributed by atoms with Crippen LogP contribution in [0, 0.1) is 0 Å². The molecule has 0 aliphatic carbocycles. The molecule has 0 saturated heterocycles. The van der Waals surface area contributed by atoms with Crippen LogP contribution in [0.5, 0.6) is 0 Å². The van der Waals surface area contributed by atoms with Gasteiger partial charge in [-0.1, -0.05) is 279 Å². The van der Waals surface area contributed by atoms with Crippen LogP contribution >= 0.6 is 0 Å². The summed E-state index contributed by atoms with van der Waals surface area (Å²) in [6, 6.07) is 103. The van der Waals surface area contributed by atoms with Crippen molar-refractivity contribution in [3.8, 4) is 77.9 Å². The lowest BCUT2D eigenvalue weighted by molar-refractivity contribution is 1.61. The van der Waals surface area contributed by atoms with Crippen molar-refractivity contribution in [2.45, 2.75) is 0 Å². The van der Waals surface area contributed by atoms with Crippen LogP contribution in [0.15, 0.2) is 279 Å². The van der Waals surface area contributed by atoms with Gasteiger partial charge in [-0.2, -0.15) is 0 Å². The van der Waals surface area contributed by atoms with E-state index in [4.69, 9.17) is 0 Å². The van der Waals surface area contributed by atoms with Crippen LogP contribution in [0.1, 0.15) is 0 Å². The minimum Gasteiger partial charge on any atom is -0.0622 e. The average molecular weight is 911 g/mol. The molecule has 0 nitrogen and oxygen atoms in total. The molecule has 0 saturated carbocycles. The summed E-state index contributed by atoms with van der Waals surface area (Å²) in [6.45, 7) is 0. The van der Waals surface area contributed by atoms with Gasteiger partial charge in [-0.3, -0.25) is 0 Å². The molecule has 14 aromatic rings. The maximum absolute atomic E-state index is 2.39. The smallest absolute Gasteiger partial charge is 0.00201 e. The van der Waals surface area contributed by atoms with Crippen LogP contribution in [0.4, 0.5) is 0 Å². The summed E-state index contributed by atoms with van der Waals surface area (Å²) in [5.74, 6) is 0. The Balaban J connectivity index is 0.974. The summed E-state index contributed by atoms with van der Waals surface area (Å²) in [6.07, 6.45) is 0. The highest BCUT2D eigenvalue weighted by atomic mass is 14.3. The van der Waals surface area contributed by atoms with Crippen molar-refractivity contribution < 1.29 is 0 Å². The second kappa shape index (κ2) is 17.2. The van der Waals surface area contributed by atoms with Gasteiger partial charge in [0, 0.05) is 0 Å². The quantitative estimate of drug-likeness (QED) is 0.140. The first-order valence-corrected chi connectivity index (χ1v) is 25.0. The second-order valence-electron chi connectivity index (χ2n) is 18.9. The summed E-state index contributed by atoms with van der Waals surface area (Å²) in [7, 11) is 0. The van der Waals surface area contributed by atoms with Gasteiger partial charge >= 0.3 is 0 Å². The molecule has 0 spiro atoms. The van der Waals surface area contributed by atoms with E-state index in [0.717, 1.165) is 0 Å². The van der Waals surface area contributed by atoms with Gasteiger partial charge in [-0.15, -0.1) is 0 Å². The molecule has 0 unspecified atom stereocenters. The molecule has 334 valence electrons. The monoisotopic (exact) mass is 910 g/mol. The molecule has 0 heterocycles. The second-order valence-corrected chi connectivity index (χ2v) is 18.9. The van der Waals surface area contributed by atoms with Crippen LogP contribution in [0.3, 0.4) is 0 Å². The molecule has 0 fully saturated rings. The zero-order valence-electron chi connectivity index (χ0n) is 39.6. The van der Waals surface area contributed by atoms with E-state index in [0.29, 0.717) is 0 Å². The Kier molecular flexibility index (Phi) is 9.96. The topological polar surface area (TPSA) is 0 Å². The SMILES string of the molecule is c1ccc(-c2ccccc2-c2c3ccccc3c(-c3ccc(-c4ccc(-c5c6ccccc6c(-c6ccccc6-c6ccccc6)c6ccccc56)c5ccccc45)c4ccccc34)c3ccccc23)cc1. The standard InChI is InChI=1S/C72H46/c1-3-23-47(24-4-1)49-27-7-13-33-57(49)69-59-35-15-19-39-63(59)71(64-40-20-16-36-60(64)69)67-45-43-55(51-29-9-11-31-53(51)67)56-44-46-68(54-32-12-10-30-52(54)56)72-65-41-21-17-37-61(65)70(62-38-18-22-42-66(62)72)58-34-14-8-28-50(58)48-25-5-2-6-26-48/h1-46H. The molecule has 72 heavy (non-hydrogen) atoms. The predicted octanol–water partition coefficient (Wildman–Crippen LogP) is 20.3. The summed E-state index contributed by atoms with van der Waals surface area (Å²) >= 11 is 0. The highest BCUT2D eigenvalue weighted by Gasteiger charge is 2.23. The zero-order valence-corrected chi connectivity index (χ0v) is 39.6. The zero-order chi connectivity index (χ0) is 47.5. The van der Waals surface area contributed by atoms with Gasteiger partial charge in [-0.05, 0) is 143 Å². The van der Waals surface area contributed by atoms with E-state index in [1.807, 2.05) is 0 Å². The number of fused-ring (bicyclic) bond motifs is 6. The first-order valence-electron chi connectivity index (χ1n) is 25.0. The van der Waals surface area contributed by atoms with E-state index in [1.165, 1.54) is 143 Å². The van der Waals surface area contributed by atoms with Crippen LogP contribution in [-0.2, 0) is 0 Å². The molecule has 14 rings (SSSR count). The van der Waals surface area contributed by atoms with E-state index in [2.05, 4.69) is 279 Å². The van der Waals surface area contributed by atoms with Crippen molar-refractivity contribution in [1.82, 2.24) is 0 Å². The van der Waals surface area contributed by atoms with Gasteiger partial charge < -0.3 is 0 Å². The number of hydrogen-bond donors (Lipinski definition) is 0. The predicted molar refractivity (Wildman–Crippen MR) is 310 cm³/mol. The molecule has 0 bridgehead atoms. The third-order valence-corrected chi connectivity index (χ3v) is 15.1. The van der Waals surface area contributed by atoms with E-state index >= 15 is 0 Å². The van der Waals surface area contributed by atoms with Crippen LogP contribution in [0.2, 0.25) is 0 Å². The van der Waals surface area contributed by atoms with Crippen LogP contribution in [0.25, 0.3) is 143 Å². The molecule has 0 radical (unpaired) electrons. The minimum atomic E-state index is 1.22. The third-order valence-electron chi connectivity index (χ3n) is 15.1. The lowest BCUT2D eigenvalue weighted by Gasteiger charge is -2.22. The van der Waals surface area contributed by atoms with Crippen molar-refractivity contribution in [3.63, 3.8) is 0 Å². The first-order chi connectivity index (χ1) is 35.8. The number of rotatable bonds is 7. The van der Waals surface area contributed by atoms with Gasteiger partial charge in [0.15, 0.2) is 0 Å². The maximum atomic E-state index is 2.39. The molecular formula is C72H46. The van der Waals surface area contributed by atoms with E-state index in [-0.39, 0.29) is 0 Å². The fourth-order valence-corrected chi connectivity index (χ4v) is 12.1. The highest BCUT2D eigenvalue weighted by molar-refractivity contribution is 6.27. The van der Waals surface area contributed by atoms with E-state index in [9.17, 15) is 0 Å². The normalized spacial score (nSPS) is 11.6. The number of hydrogen-bond acceptors (Lipinski definition) is 0. The van der Waals surface area contributed by atoms with E-state index in [1.54, 1.807) is 0 Å². The summed E-state index contributed by atoms with van der Waals surface area (Å²) < 4.78 is 0. The minimum absolute atomic E-state index is 1.22. The molecule has 0 N–H and O–H groups in total. The van der Waals surface area contributed by atoms with Crippen molar-refractivity contribution >= 4 is 64.6 Å². The summed E-state index contributed by atoms with van der Waals surface area (Å²) in [4.78, 5) is 0. The van der Waals surface area contributed by atoms with Crippen molar-refractivity contribution in [2.24, 2.45) is 0 Å². The van der Waals surface area contributed by atoms with Gasteiger partial charge in [0.2, 0.25) is 0 Å². The van der Waals surface area contributed by atoms with Gasteiger partial charge in [-0.25, -0.2) is 0 Å². The number of benzene rings is 14. The third kappa shape index (κ3) is 6.61. The molecule has 14 aromatic carbocycles. The largest absolute Gasteiger partial charge is 0.0622 e. The van der Waals surface area contributed by atoms with E-state index < -0.39 is 0 Å². The molecule has 0 aliphatic rings. The van der Waals surface area contributed by atoms with Gasteiger partial charge in [0.1, 0.15) is 0 Å². The fourth-order valence-electron chi connectivity index (χ4n) is 12.1. The Labute approximate surface area is 419 Å². The van der Waals surface area contributed by atoms with Crippen molar-refractivity contribution in [2.75, 3.05) is 0 Å². The van der Waals surface area contributed by atoms with Crippen LogP contribution < -0.4 is 0 Å². The Bertz CT molecular complexity index is 4030. The van der Waals surface area contributed by atoms with Crippen molar-refractivity contribution in [3.05, 3.63) is 279 Å². The van der Waals surface area contributed by atoms with Crippen LogP contribution in [-0.4, -0.2) is 0 Å². The Morgan fingerprint density at radius 3 is 0.597 bits per heavy atom. The lowest BCUT2D eigenvalue weighted by Crippen LogP contribution is -1.94. The van der Waals surface area contributed by atoms with Crippen molar-refractivity contribution in [1.29, 1.82) is 0 Å². The average Bonchev–Trinajstić information content (AvgIpc) is 3.46. The molecular weight excluding hydrogens is 865 g/mol. The molecule has 0 amide bonds. The van der Waals surface area contributed by atoms with Gasteiger partial charge in [0.05, 0.1) is 0 Å². The summed E-state index contributed by atoms with van der Waals surface area (Å²) in [5, 5.41) is 14.9. The highest BCUT2D eigenvalue weighted by Crippen LogP contribution is 2.51. The van der Waals surface area contributed by atoms with Gasteiger partial charge in [0.25, 0.3) is 0 Å². The Hall–Kier alpha value is -9.36. The fraction of sp³-hybridized carbons (Fsp3) is 0. The molecule has 0 heteroatoms. The summed E-state index contributed by atoms with van der Waals surface area (Å²) in [5.41, 5.74) is 17.4. The molecule has 0 aliphatic heterocycles. The Morgan fingerprint density at radius 1 is 0.111 bits per heavy atom.